The van der Waals surface area contributed by atoms with Crippen molar-refractivity contribution in [2.24, 2.45) is 0 Å². The van der Waals surface area contributed by atoms with Crippen molar-refractivity contribution in [3.8, 4) is 0 Å². The lowest BCUT2D eigenvalue weighted by Crippen LogP contribution is -2.56. The van der Waals surface area contributed by atoms with Crippen LogP contribution >= 0.6 is 0 Å². The number of nitrogens with zero attached hydrogens (tertiary/aromatic N) is 7. The molecule has 0 radical (unpaired) electrons. The predicted molar refractivity (Wildman–Crippen MR) is 125 cm³/mol. The van der Waals surface area contributed by atoms with Crippen LogP contribution in [-0.4, -0.2) is 96.6 Å². The van der Waals surface area contributed by atoms with Crippen LogP contribution in [0.25, 0.3) is 11.0 Å². The summed E-state index contributed by atoms with van der Waals surface area (Å²) in [6, 6.07) is 0. The summed E-state index contributed by atoms with van der Waals surface area (Å²) < 4.78 is 11.9. The summed E-state index contributed by atoms with van der Waals surface area (Å²) in [4.78, 5) is 24.3. The van der Waals surface area contributed by atoms with Crippen molar-refractivity contribution >= 4 is 39.4 Å². The highest BCUT2D eigenvalue weighted by Gasteiger charge is 2.38. The number of nitrogens with one attached hydrogen (secondary N) is 1. The molecular formula is C20H32N8O3S. The van der Waals surface area contributed by atoms with Crippen LogP contribution in [0.5, 0.6) is 0 Å². The monoisotopic (exact) mass is 464 g/mol. The molecule has 12 heteroatoms. The Balaban J connectivity index is 1.92. The summed E-state index contributed by atoms with van der Waals surface area (Å²) in [6.45, 7) is 10.8. The summed E-state index contributed by atoms with van der Waals surface area (Å²) in [5.41, 5.74) is -1.83. The fourth-order valence-electron chi connectivity index (χ4n) is 4.34. The number of hydrogen-bond donors (Lipinski definition) is 3. The standard InChI is InChI=1S/C20H32N8O3S/c1-19(2,29)28(20(3,4)30)16-15-14(22-13-23-16)17(26-9-11-32(31)12-10-26)25-18(24-15)27-7-5-21-6-8-27/h13,21,29-30H,5-12H2,1-4H3. The molecule has 2 saturated heterocycles. The summed E-state index contributed by atoms with van der Waals surface area (Å²) in [5, 5.41) is 25.1. The Hall–Kier alpha value is -2.15. The number of anilines is 3. The van der Waals surface area contributed by atoms with E-state index in [1.165, 1.54) is 11.2 Å². The van der Waals surface area contributed by atoms with Gasteiger partial charge in [0.05, 0.1) is 0 Å². The lowest BCUT2D eigenvalue weighted by Gasteiger charge is -2.43. The van der Waals surface area contributed by atoms with Crippen molar-refractivity contribution in [3.63, 3.8) is 0 Å². The zero-order valence-electron chi connectivity index (χ0n) is 19.1. The van der Waals surface area contributed by atoms with E-state index in [4.69, 9.17) is 9.97 Å². The number of piperazine rings is 1. The molecule has 2 aromatic heterocycles. The molecule has 3 N–H and O–H groups in total. The quantitative estimate of drug-likeness (QED) is 0.502. The smallest absolute Gasteiger partial charge is 0.228 e. The first kappa shape index (κ1) is 23.0. The molecule has 4 heterocycles. The number of aromatic nitrogens is 4. The highest BCUT2D eigenvalue weighted by molar-refractivity contribution is 7.85. The molecule has 0 aliphatic carbocycles. The number of aliphatic hydroxyl groups is 2. The van der Waals surface area contributed by atoms with Gasteiger partial charge in [-0.1, -0.05) is 0 Å². The molecule has 176 valence electrons. The highest BCUT2D eigenvalue weighted by atomic mass is 32.2. The van der Waals surface area contributed by atoms with Crippen LogP contribution in [0.4, 0.5) is 17.6 Å². The van der Waals surface area contributed by atoms with Crippen molar-refractivity contribution < 1.29 is 14.4 Å². The second kappa shape index (κ2) is 8.65. The van der Waals surface area contributed by atoms with E-state index in [1.54, 1.807) is 27.7 Å². The Morgan fingerprint density at radius 3 is 2.16 bits per heavy atom. The molecule has 4 rings (SSSR count). The molecule has 0 spiro atoms. The van der Waals surface area contributed by atoms with Crippen LogP contribution in [0.15, 0.2) is 6.33 Å². The van der Waals surface area contributed by atoms with Gasteiger partial charge in [-0.2, -0.15) is 4.98 Å². The Bertz CT molecular complexity index is 977. The Labute approximate surface area is 190 Å². The fraction of sp³-hybridized carbons (Fsp3) is 0.700. The van der Waals surface area contributed by atoms with Crippen LogP contribution in [0.3, 0.4) is 0 Å². The van der Waals surface area contributed by atoms with Gasteiger partial charge in [0.15, 0.2) is 11.6 Å². The molecule has 0 unspecified atom stereocenters. The van der Waals surface area contributed by atoms with Gasteiger partial charge >= 0.3 is 0 Å². The van der Waals surface area contributed by atoms with Gasteiger partial charge in [-0.25, -0.2) is 15.0 Å². The van der Waals surface area contributed by atoms with Gasteiger partial charge in [-0.3, -0.25) is 9.11 Å². The maximum absolute atomic E-state index is 11.9. The molecular weight excluding hydrogens is 432 g/mol. The van der Waals surface area contributed by atoms with E-state index in [0.717, 1.165) is 26.2 Å². The first-order valence-corrected chi connectivity index (χ1v) is 12.4. The fourth-order valence-corrected chi connectivity index (χ4v) is 5.39. The molecule has 11 nitrogen and oxygen atoms in total. The van der Waals surface area contributed by atoms with Gasteiger partial charge in [0, 0.05) is 61.6 Å². The van der Waals surface area contributed by atoms with Gasteiger partial charge in [0.1, 0.15) is 28.8 Å². The lowest BCUT2D eigenvalue weighted by atomic mass is 10.1. The molecule has 2 aromatic rings. The second-order valence-corrected chi connectivity index (χ2v) is 10.8. The van der Waals surface area contributed by atoms with Crippen molar-refractivity contribution in [3.05, 3.63) is 6.33 Å². The van der Waals surface area contributed by atoms with E-state index in [9.17, 15) is 14.4 Å². The average molecular weight is 465 g/mol. The zero-order valence-corrected chi connectivity index (χ0v) is 19.9. The van der Waals surface area contributed by atoms with Crippen LogP contribution in [0, 0.1) is 0 Å². The Morgan fingerprint density at radius 1 is 0.938 bits per heavy atom. The van der Waals surface area contributed by atoms with Crippen molar-refractivity contribution in [1.82, 2.24) is 25.3 Å². The third-order valence-electron chi connectivity index (χ3n) is 5.62. The number of hydrogen-bond acceptors (Lipinski definition) is 11. The number of rotatable bonds is 5. The van der Waals surface area contributed by atoms with E-state index in [-0.39, 0.29) is 0 Å². The van der Waals surface area contributed by atoms with Gasteiger partial charge in [0.25, 0.3) is 0 Å². The van der Waals surface area contributed by atoms with E-state index >= 15 is 0 Å². The third-order valence-corrected chi connectivity index (χ3v) is 6.89. The molecule has 2 aliphatic heterocycles. The van der Waals surface area contributed by atoms with Crippen molar-refractivity contribution in [2.75, 3.05) is 65.5 Å². The first-order chi connectivity index (χ1) is 15.1. The molecule has 2 fully saturated rings. The summed E-state index contributed by atoms with van der Waals surface area (Å²) >= 11 is 0. The van der Waals surface area contributed by atoms with Crippen molar-refractivity contribution in [2.45, 2.75) is 39.1 Å². The van der Waals surface area contributed by atoms with Gasteiger partial charge in [-0.05, 0) is 27.7 Å². The lowest BCUT2D eigenvalue weighted by molar-refractivity contribution is -0.0207. The normalized spacial score (nSPS) is 18.9. The van der Waals surface area contributed by atoms with Crippen LogP contribution in [-0.2, 0) is 10.8 Å². The maximum atomic E-state index is 11.9. The largest absolute Gasteiger partial charge is 0.371 e. The van der Waals surface area contributed by atoms with Crippen LogP contribution in [0.1, 0.15) is 27.7 Å². The molecule has 0 amide bonds. The predicted octanol–water partition coefficient (Wildman–Crippen LogP) is -0.339. The molecule has 0 atom stereocenters. The van der Waals surface area contributed by atoms with E-state index in [2.05, 4.69) is 25.1 Å². The number of fused-ring (bicyclic) bond motifs is 1. The molecule has 32 heavy (non-hydrogen) atoms. The maximum Gasteiger partial charge on any atom is 0.228 e. The summed E-state index contributed by atoms with van der Waals surface area (Å²) in [5.74, 6) is 2.70. The topological polar surface area (TPSA) is 131 Å². The first-order valence-electron chi connectivity index (χ1n) is 10.9. The third kappa shape index (κ3) is 4.63. The minimum Gasteiger partial charge on any atom is -0.371 e. The van der Waals surface area contributed by atoms with Crippen LogP contribution in [0.2, 0.25) is 0 Å². The molecule has 0 bridgehead atoms. The van der Waals surface area contributed by atoms with Gasteiger partial charge in [-0.15, -0.1) is 0 Å². The molecule has 2 aliphatic rings. The van der Waals surface area contributed by atoms with Crippen molar-refractivity contribution in [1.29, 1.82) is 0 Å². The minimum absolute atomic E-state index is 0.329. The van der Waals surface area contributed by atoms with E-state index < -0.39 is 22.2 Å². The Kier molecular flexibility index (Phi) is 6.23. The summed E-state index contributed by atoms with van der Waals surface area (Å²) in [6.07, 6.45) is 1.40. The SMILES string of the molecule is CC(C)(O)N(c1ncnc2c(N3CCS(=O)CC3)nc(N3CCNCC3)nc12)C(C)(C)O. The van der Waals surface area contributed by atoms with Gasteiger partial charge < -0.3 is 25.3 Å². The zero-order chi connectivity index (χ0) is 23.1. The minimum atomic E-state index is -1.41. The Morgan fingerprint density at radius 2 is 1.56 bits per heavy atom. The molecule has 0 saturated carbocycles. The van der Waals surface area contributed by atoms with E-state index in [1.807, 2.05) is 0 Å². The van der Waals surface area contributed by atoms with E-state index in [0.29, 0.717) is 53.2 Å². The van der Waals surface area contributed by atoms with Crippen LogP contribution < -0.4 is 20.0 Å². The second-order valence-electron chi connectivity index (χ2n) is 9.14. The summed E-state index contributed by atoms with van der Waals surface area (Å²) in [7, 11) is -0.824. The average Bonchev–Trinajstić information content (AvgIpc) is 2.72. The molecule has 0 aromatic carbocycles. The highest BCUT2D eigenvalue weighted by Crippen LogP contribution is 2.35. The van der Waals surface area contributed by atoms with Gasteiger partial charge in [0.2, 0.25) is 5.95 Å².